The van der Waals surface area contributed by atoms with Gasteiger partial charge in [0.25, 0.3) is 0 Å². The molecule has 6 heteroatoms. The topological polar surface area (TPSA) is 50.4 Å². The molecule has 0 radical (unpaired) electrons. The van der Waals surface area contributed by atoms with E-state index < -0.39 is 0 Å². The van der Waals surface area contributed by atoms with Crippen LogP contribution >= 0.6 is 28.3 Å². The molecule has 1 aromatic carbocycles. The molecule has 0 atom stereocenters. The highest BCUT2D eigenvalue weighted by molar-refractivity contribution is 9.10. The predicted octanol–water partition coefficient (Wildman–Crippen LogP) is 3.03. The molecule has 0 aliphatic carbocycles. The number of rotatable bonds is 4. The summed E-state index contributed by atoms with van der Waals surface area (Å²) in [5, 5.41) is 6.55. The summed E-state index contributed by atoms with van der Waals surface area (Å²) in [5.41, 5.74) is 1.30. The monoisotopic (exact) mass is 416 g/mol. The van der Waals surface area contributed by atoms with Crippen molar-refractivity contribution in [2.75, 3.05) is 32.8 Å². The number of benzene rings is 1. The van der Waals surface area contributed by atoms with Crippen LogP contribution in [0.2, 0.25) is 0 Å². The van der Waals surface area contributed by atoms with Crippen LogP contribution in [-0.4, -0.2) is 38.8 Å². The zero-order valence-corrected chi connectivity index (χ0v) is 16.3. The van der Waals surface area contributed by atoms with Crippen LogP contribution < -0.4 is 10.6 Å². The van der Waals surface area contributed by atoms with Crippen LogP contribution in [0.15, 0.2) is 28.7 Å². The molecule has 2 heterocycles. The van der Waals surface area contributed by atoms with Gasteiger partial charge in [-0.05, 0) is 56.5 Å². The molecule has 3 rings (SSSR count). The van der Waals surface area contributed by atoms with Gasteiger partial charge in [0, 0.05) is 35.6 Å². The summed E-state index contributed by atoms with van der Waals surface area (Å²) in [6.07, 6.45) is 3.81. The number of hydrogen-bond acceptors (Lipinski definition) is 3. The Morgan fingerprint density at radius 1 is 1.21 bits per heavy atom. The fraction of sp³-hybridized carbons (Fsp3) is 0.611. The molecule has 0 aromatic heterocycles. The third kappa shape index (κ3) is 4.72. The fourth-order valence-electron chi connectivity index (χ4n) is 3.62. The number of nitrogens with one attached hydrogen (secondary N) is 2. The minimum atomic E-state index is 0. The summed E-state index contributed by atoms with van der Waals surface area (Å²) in [5.74, 6) is 0.382. The summed E-state index contributed by atoms with van der Waals surface area (Å²) in [6.45, 7) is 4.13. The maximum Gasteiger partial charge on any atom is 0.223 e. The molecule has 2 saturated heterocycles. The second kappa shape index (κ2) is 9.18. The first-order valence-electron chi connectivity index (χ1n) is 8.52. The SMILES string of the molecule is Cl.O=C(NCC1(c2ccc(Br)cc2)CCOCC1)C1CCNCC1. The highest BCUT2D eigenvalue weighted by Gasteiger charge is 2.35. The quantitative estimate of drug-likeness (QED) is 0.792. The van der Waals surface area contributed by atoms with Gasteiger partial charge >= 0.3 is 0 Å². The van der Waals surface area contributed by atoms with Crippen molar-refractivity contribution >= 4 is 34.2 Å². The Kier molecular flexibility index (Phi) is 7.54. The van der Waals surface area contributed by atoms with Crippen LogP contribution in [0, 0.1) is 5.92 Å². The summed E-state index contributed by atoms with van der Waals surface area (Å²) < 4.78 is 6.65. The second-order valence-electron chi connectivity index (χ2n) is 6.64. The van der Waals surface area contributed by atoms with Gasteiger partial charge in [0.2, 0.25) is 5.91 Å². The lowest BCUT2D eigenvalue weighted by atomic mass is 9.74. The normalized spacial score (nSPS) is 20.9. The van der Waals surface area contributed by atoms with Crippen LogP contribution in [0.4, 0.5) is 0 Å². The number of carbonyl (C=O) groups is 1. The smallest absolute Gasteiger partial charge is 0.223 e. The summed E-state index contributed by atoms with van der Waals surface area (Å²) in [7, 11) is 0. The minimum Gasteiger partial charge on any atom is -0.381 e. The molecule has 0 bridgehead atoms. The molecule has 2 aliphatic heterocycles. The highest BCUT2D eigenvalue weighted by atomic mass is 79.9. The van der Waals surface area contributed by atoms with Crippen molar-refractivity contribution in [3.63, 3.8) is 0 Å². The Bertz CT molecular complexity index is 526. The van der Waals surface area contributed by atoms with Crippen molar-refractivity contribution in [1.82, 2.24) is 10.6 Å². The van der Waals surface area contributed by atoms with Crippen molar-refractivity contribution in [3.05, 3.63) is 34.3 Å². The lowest BCUT2D eigenvalue weighted by Crippen LogP contribution is -2.47. The van der Waals surface area contributed by atoms with Gasteiger partial charge < -0.3 is 15.4 Å². The first-order chi connectivity index (χ1) is 11.2. The van der Waals surface area contributed by atoms with Gasteiger partial charge in [-0.2, -0.15) is 0 Å². The Morgan fingerprint density at radius 2 is 1.83 bits per heavy atom. The third-order valence-corrected chi connectivity index (χ3v) is 5.75. The number of halogens is 2. The third-order valence-electron chi connectivity index (χ3n) is 5.22. The zero-order chi connectivity index (χ0) is 16.1. The van der Waals surface area contributed by atoms with E-state index in [1.54, 1.807) is 0 Å². The predicted molar refractivity (Wildman–Crippen MR) is 102 cm³/mol. The number of ether oxygens (including phenoxy) is 1. The van der Waals surface area contributed by atoms with E-state index in [4.69, 9.17) is 4.74 Å². The van der Waals surface area contributed by atoms with E-state index in [9.17, 15) is 4.79 Å². The van der Waals surface area contributed by atoms with Crippen LogP contribution in [0.3, 0.4) is 0 Å². The second-order valence-corrected chi connectivity index (χ2v) is 7.56. The number of piperidine rings is 1. The van der Waals surface area contributed by atoms with Gasteiger partial charge in [-0.25, -0.2) is 0 Å². The molecular formula is C18H26BrClN2O2. The van der Waals surface area contributed by atoms with E-state index in [2.05, 4.69) is 50.8 Å². The Labute approximate surface area is 158 Å². The van der Waals surface area contributed by atoms with Gasteiger partial charge in [0.1, 0.15) is 0 Å². The van der Waals surface area contributed by atoms with Crippen LogP contribution in [0.1, 0.15) is 31.2 Å². The standard InChI is InChI=1S/C18H25BrN2O2.ClH/c19-16-3-1-15(2-4-16)18(7-11-23-12-8-18)13-21-17(22)14-5-9-20-10-6-14;/h1-4,14,20H,5-13H2,(H,21,22);1H. The Hall–Kier alpha value is -0.620. The molecular weight excluding hydrogens is 392 g/mol. The van der Waals surface area contributed by atoms with Gasteiger partial charge in [0.05, 0.1) is 0 Å². The van der Waals surface area contributed by atoms with E-state index in [1.165, 1.54) is 5.56 Å². The van der Waals surface area contributed by atoms with Crippen molar-refractivity contribution in [3.8, 4) is 0 Å². The van der Waals surface area contributed by atoms with Crippen LogP contribution in [0.5, 0.6) is 0 Å². The number of hydrogen-bond donors (Lipinski definition) is 2. The number of amides is 1. The lowest BCUT2D eigenvalue weighted by Gasteiger charge is -2.38. The van der Waals surface area contributed by atoms with Crippen LogP contribution in [-0.2, 0) is 14.9 Å². The van der Waals surface area contributed by atoms with E-state index in [0.717, 1.165) is 56.5 Å². The average molecular weight is 418 g/mol. The molecule has 4 nitrogen and oxygen atoms in total. The van der Waals surface area contributed by atoms with Crippen molar-refractivity contribution in [2.24, 2.45) is 5.92 Å². The highest BCUT2D eigenvalue weighted by Crippen LogP contribution is 2.35. The van der Waals surface area contributed by atoms with E-state index in [0.29, 0.717) is 6.54 Å². The van der Waals surface area contributed by atoms with E-state index >= 15 is 0 Å². The van der Waals surface area contributed by atoms with Gasteiger partial charge in [-0.15, -0.1) is 12.4 Å². The molecule has 0 saturated carbocycles. The lowest BCUT2D eigenvalue weighted by molar-refractivity contribution is -0.126. The Balaban J connectivity index is 0.00000208. The molecule has 2 N–H and O–H groups in total. The molecule has 1 amide bonds. The van der Waals surface area contributed by atoms with Gasteiger partial charge in [-0.3, -0.25) is 4.79 Å². The van der Waals surface area contributed by atoms with Crippen molar-refractivity contribution in [1.29, 1.82) is 0 Å². The van der Waals surface area contributed by atoms with Crippen molar-refractivity contribution in [2.45, 2.75) is 31.1 Å². The number of carbonyl (C=O) groups excluding carboxylic acids is 1. The first-order valence-corrected chi connectivity index (χ1v) is 9.31. The van der Waals surface area contributed by atoms with Gasteiger partial charge in [0.15, 0.2) is 0 Å². The summed E-state index contributed by atoms with van der Waals surface area (Å²) >= 11 is 3.50. The van der Waals surface area contributed by atoms with Crippen LogP contribution in [0.25, 0.3) is 0 Å². The van der Waals surface area contributed by atoms with Crippen molar-refractivity contribution < 1.29 is 9.53 Å². The molecule has 0 spiro atoms. The summed E-state index contributed by atoms with van der Waals surface area (Å²) in [4.78, 5) is 12.5. The molecule has 2 fully saturated rings. The fourth-order valence-corrected chi connectivity index (χ4v) is 3.88. The first kappa shape index (κ1) is 19.7. The molecule has 2 aliphatic rings. The molecule has 24 heavy (non-hydrogen) atoms. The Morgan fingerprint density at radius 3 is 2.46 bits per heavy atom. The average Bonchev–Trinajstić information content (AvgIpc) is 2.62. The van der Waals surface area contributed by atoms with E-state index in [-0.39, 0.29) is 29.6 Å². The van der Waals surface area contributed by atoms with E-state index in [1.807, 2.05) is 0 Å². The largest absolute Gasteiger partial charge is 0.381 e. The van der Waals surface area contributed by atoms with Gasteiger partial charge in [-0.1, -0.05) is 28.1 Å². The molecule has 134 valence electrons. The molecule has 1 aromatic rings. The summed E-state index contributed by atoms with van der Waals surface area (Å²) in [6, 6.07) is 8.51. The zero-order valence-electron chi connectivity index (χ0n) is 13.9. The minimum absolute atomic E-state index is 0. The maximum atomic E-state index is 12.5. The maximum absolute atomic E-state index is 12.5. The molecule has 0 unspecified atom stereocenters.